The number of hydrogen-bond acceptors (Lipinski definition) is 1. The van der Waals surface area contributed by atoms with Crippen LogP contribution in [0.4, 0.5) is 0 Å². The second-order valence-electron chi connectivity index (χ2n) is 15.3. The Morgan fingerprint density at radius 3 is 2.12 bits per heavy atom. The first kappa shape index (κ1) is 26.2. The molecule has 0 aromatic carbocycles. The molecule has 0 heterocycles. The molecule has 3 unspecified atom stereocenters. The van der Waals surface area contributed by atoms with Crippen molar-refractivity contribution in [2.24, 2.45) is 58.2 Å². The van der Waals surface area contributed by atoms with Crippen LogP contribution < -0.4 is 0 Å². The van der Waals surface area contributed by atoms with Crippen molar-refractivity contribution in [2.75, 3.05) is 0 Å². The third-order valence-electron chi connectivity index (χ3n) is 12.1. The van der Waals surface area contributed by atoms with Crippen molar-refractivity contribution in [1.82, 2.24) is 0 Å². The van der Waals surface area contributed by atoms with Gasteiger partial charge in [-0.2, -0.15) is 0 Å². The van der Waals surface area contributed by atoms with Crippen LogP contribution >= 0.6 is 0 Å². The standard InChI is InChI=1S/C31H58OSi/c1-21(2)22(3)10-11-23(4)27-14-15-28-26-13-12-24-20-25(32-33(7,8)9)16-18-30(24,5)29(26)17-19-31(27,28)6/h21-29H,10-20H2,1-9H3/t22-,23+,24+,25+,26?,27+,28?,29?,30-,31+/m0/s1. The monoisotopic (exact) mass is 474 g/mol. The molecule has 4 aliphatic rings. The Morgan fingerprint density at radius 1 is 0.788 bits per heavy atom. The van der Waals surface area contributed by atoms with E-state index in [1.807, 2.05) is 0 Å². The summed E-state index contributed by atoms with van der Waals surface area (Å²) in [4.78, 5) is 0. The van der Waals surface area contributed by atoms with E-state index >= 15 is 0 Å². The highest BCUT2D eigenvalue weighted by molar-refractivity contribution is 6.69. The quantitative estimate of drug-likeness (QED) is 0.334. The van der Waals surface area contributed by atoms with E-state index < -0.39 is 8.32 Å². The molecular formula is C31H58OSi. The molecule has 0 spiro atoms. The first-order valence-corrected chi connectivity index (χ1v) is 18.4. The number of hydrogen-bond donors (Lipinski definition) is 0. The maximum Gasteiger partial charge on any atom is 0.184 e. The molecule has 4 rings (SSSR count). The molecule has 4 fully saturated rings. The summed E-state index contributed by atoms with van der Waals surface area (Å²) in [6.45, 7) is 22.5. The fourth-order valence-corrected chi connectivity index (χ4v) is 11.1. The highest BCUT2D eigenvalue weighted by atomic mass is 28.4. The molecule has 0 saturated heterocycles. The van der Waals surface area contributed by atoms with Gasteiger partial charge in [-0.05, 0) is 136 Å². The Morgan fingerprint density at radius 2 is 1.45 bits per heavy atom. The summed E-state index contributed by atoms with van der Waals surface area (Å²) in [7, 11) is -1.43. The maximum atomic E-state index is 6.63. The van der Waals surface area contributed by atoms with E-state index in [0.29, 0.717) is 16.9 Å². The van der Waals surface area contributed by atoms with Crippen LogP contribution in [0.3, 0.4) is 0 Å². The summed E-state index contributed by atoms with van der Waals surface area (Å²) in [5, 5.41) is 0. The van der Waals surface area contributed by atoms with E-state index in [1.165, 1.54) is 70.6 Å². The average molecular weight is 475 g/mol. The Kier molecular flexibility index (Phi) is 7.61. The van der Waals surface area contributed by atoms with Crippen LogP contribution in [0.2, 0.25) is 19.6 Å². The molecule has 10 atom stereocenters. The van der Waals surface area contributed by atoms with Gasteiger partial charge in [0.05, 0.1) is 0 Å². The molecule has 2 heteroatoms. The van der Waals surface area contributed by atoms with Gasteiger partial charge in [-0.1, -0.05) is 54.4 Å². The Labute approximate surface area is 208 Å². The van der Waals surface area contributed by atoms with Crippen molar-refractivity contribution in [3.63, 3.8) is 0 Å². The van der Waals surface area contributed by atoms with Crippen molar-refractivity contribution in [3.8, 4) is 0 Å². The van der Waals surface area contributed by atoms with Crippen LogP contribution in [0.5, 0.6) is 0 Å². The molecule has 0 aromatic rings. The lowest BCUT2D eigenvalue weighted by Gasteiger charge is -2.61. The molecular weight excluding hydrogens is 416 g/mol. The third kappa shape index (κ3) is 5.05. The summed E-state index contributed by atoms with van der Waals surface area (Å²) in [5.74, 6) is 7.56. The summed E-state index contributed by atoms with van der Waals surface area (Å²) >= 11 is 0. The fourth-order valence-electron chi connectivity index (χ4n) is 9.86. The predicted octanol–water partition coefficient (Wildman–Crippen LogP) is 9.57. The van der Waals surface area contributed by atoms with Crippen molar-refractivity contribution in [2.45, 2.75) is 138 Å². The molecule has 33 heavy (non-hydrogen) atoms. The van der Waals surface area contributed by atoms with E-state index in [9.17, 15) is 0 Å². The zero-order chi connectivity index (χ0) is 24.2. The minimum Gasteiger partial charge on any atom is -0.415 e. The zero-order valence-corrected chi connectivity index (χ0v) is 24.9. The van der Waals surface area contributed by atoms with Gasteiger partial charge >= 0.3 is 0 Å². The number of fused-ring (bicyclic) bond motifs is 5. The van der Waals surface area contributed by atoms with Gasteiger partial charge in [0.15, 0.2) is 8.32 Å². The number of rotatable bonds is 7. The zero-order valence-electron chi connectivity index (χ0n) is 23.9. The normalized spacial score (nSPS) is 45.3. The summed E-state index contributed by atoms with van der Waals surface area (Å²) in [5.41, 5.74) is 1.23. The third-order valence-corrected chi connectivity index (χ3v) is 13.2. The lowest BCUT2D eigenvalue weighted by Crippen LogP contribution is -2.54. The van der Waals surface area contributed by atoms with Crippen LogP contribution in [0.15, 0.2) is 0 Å². The summed E-state index contributed by atoms with van der Waals surface area (Å²) < 4.78 is 6.63. The van der Waals surface area contributed by atoms with Crippen LogP contribution in [0, 0.1) is 58.2 Å². The van der Waals surface area contributed by atoms with Gasteiger partial charge in [0.2, 0.25) is 0 Å². The van der Waals surface area contributed by atoms with Gasteiger partial charge in [0.25, 0.3) is 0 Å². The predicted molar refractivity (Wildman–Crippen MR) is 146 cm³/mol. The van der Waals surface area contributed by atoms with Crippen molar-refractivity contribution in [3.05, 3.63) is 0 Å². The van der Waals surface area contributed by atoms with Gasteiger partial charge in [0.1, 0.15) is 0 Å². The fraction of sp³-hybridized carbons (Fsp3) is 1.00. The second-order valence-corrected chi connectivity index (χ2v) is 19.7. The average Bonchev–Trinajstić information content (AvgIpc) is 3.08. The molecule has 192 valence electrons. The van der Waals surface area contributed by atoms with Crippen molar-refractivity contribution >= 4 is 8.32 Å². The molecule has 0 amide bonds. The van der Waals surface area contributed by atoms with E-state index in [4.69, 9.17) is 4.43 Å². The van der Waals surface area contributed by atoms with Crippen LogP contribution in [-0.4, -0.2) is 14.4 Å². The molecule has 0 radical (unpaired) electrons. The van der Waals surface area contributed by atoms with Crippen LogP contribution in [0.25, 0.3) is 0 Å². The van der Waals surface area contributed by atoms with Gasteiger partial charge in [0, 0.05) is 6.10 Å². The molecule has 0 aliphatic heterocycles. The van der Waals surface area contributed by atoms with Crippen LogP contribution in [0.1, 0.15) is 112 Å². The smallest absolute Gasteiger partial charge is 0.184 e. The molecule has 0 N–H and O–H groups in total. The molecule has 1 nitrogen and oxygen atoms in total. The van der Waals surface area contributed by atoms with Gasteiger partial charge in [-0.3, -0.25) is 0 Å². The van der Waals surface area contributed by atoms with Gasteiger partial charge in [-0.25, -0.2) is 0 Å². The summed E-state index contributed by atoms with van der Waals surface area (Å²) in [6.07, 6.45) is 16.7. The molecule has 0 aromatic heterocycles. The maximum absolute atomic E-state index is 6.63. The lowest BCUT2D eigenvalue weighted by atomic mass is 9.44. The first-order chi connectivity index (χ1) is 15.3. The van der Waals surface area contributed by atoms with Gasteiger partial charge in [-0.15, -0.1) is 0 Å². The minimum absolute atomic E-state index is 0.560. The molecule has 4 aliphatic carbocycles. The van der Waals surface area contributed by atoms with Crippen molar-refractivity contribution in [1.29, 1.82) is 0 Å². The minimum atomic E-state index is -1.43. The molecule has 4 saturated carbocycles. The van der Waals surface area contributed by atoms with E-state index in [-0.39, 0.29) is 0 Å². The molecule has 0 bridgehead atoms. The Balaban J connectivity index is 1.42. The van der Waals surface area contributed by atoms with E-state index in [0.717, 1.165) is 47.3 Å². The highest BCUT2D eigenvalue weighted by Crippen LogP contribution is 2.68. The largest absolute Gasteiger partial charge is 0.415 e. The SMILES string of the molecule is CC(C)[C@@H](C)CC[C@@H](C)[C@H]1CCC2C3CC[C@@H]4C[C@H](O[Si](C)(C)C)CC[C@]4(C)C3CC[C@@]21C. The van der Waals surface area contributed by atoms with E-state index in [1.54, 1.807) is 0 Å². The Bertz CT molecular complexity index is 666. The summed E-state index contributed by atoms with van der Waals surface area (Å²) in [6, 6.07) is 0. The van der Waals surface area contributed by atoms with Crippen LogP contribution in [-0.2, 0) is 4.43 Å². The first-order valence-electron chi connectivity index (χ1n) is 15.0. The topological polar surface area (TPSA) is 9.23 Å². The van der Waals surface area contributed by atoms with Gasteiger partial charge < -0.3 is 4.43 Å². The van der Waals surface area contributed by atoms with E-state index in [2.05, 4.69) is 61.2 Å². The Hall–Kier alpha value is 0.177. The second kappa shape index (κ2) is 9.57. The van der Waals surface area contributed by atoms with Crippen molar-refractivity contribution < 1.29 is 4.43 Å². The lowest BCUT2D eigenvalue weighted by molar-refractivity contribution is -0.127. The highest BCUT2D eigenvalue weighted by Gasteiger charge is 2.60.